The number of Topliss-reactive ketones (excluding diaryl/α,β-unsaturated/α-hetero) is 1. The fraction of sp³-hybridized carbons (Fsp3) is 0.739. The first-order valence-electron chi connectivity index (χ1n) is 22.8. The van der Waals surface area contributed by atoms with Crippen LogP contribution >= 0.6 is 7.82 Å². The minimum atomic E-state index is -4.78. The van der Waals surface area contributed by atoms with Gasteiger partial charge in [0.25, 0.3) is 0 Å². The Labute approximate surface area is 365 Å². The lowest BCUT2D eigenvalue weighted by molar-refractivity contribution is -0.161. The maximum Gasteiger partial charge on any atom is 0.472 e. The molecule has 0 bridgehead atoms. The molecule has 61 heavy (non-hydrogen) atoms. The predicted octanol–water partition coefficient (Wildman–Crippen LogP) is 8.76. The molecule has 0 aromatic rings. The van der Waals surface area contributed by atoms with Crippen molar-refractivity contribution in [2.24, 2.45) is 17.6 Å². The Morgan fingerprint density at radius 1 is 0.770 bits per heavy atom. The van der Waals surface area contributed by atoms with Crippen molar-refractivity contribution in [3.05, 3.63) is 48.6 Å². The molecule has 1 saturated carbocycles. The van der Waals surface area contributed by atoms with Crippen LogP contribution in [0.1, 0.15) is 162 Å². The molecule has 0 saturated heterocycles. The van der Waals surface area contributed by atoms with E-state index >= 15 is 0 Å². The Kier molecular flexibility index (Phi) is 32.6. The third-order valence-electron chi connectivity index (χ3n) is 10.5. The van der Waals surface area contributed by atoms with Crippen LogP contribution in [0.3, 0.4) is 0 Å². The van der Waals surface area contributed by atoms with Gasteiger partial charge in [0.2, 0.25) is 0 Å². The zero-order chi connectivity index (χ0) is 45.1. The van der Waals surface area contributed by atoms with Crippen molar-refractivity contribution in [3.63, 3.8) is 0 Å². The van der Waals surface area contributed by atoms with Gasteiger partial charge in [-0.05, 0) is 70.1 Å². The van der Waals surface area contributed by atoms with E-state index in [0.29, 0.717) is 32.1 Å². The monoisotopic (exact) mass is 884 g/mol. The smallest absolute Gasteiger partial charge is 0.472 e. The molecule has 1 unspecified atom stereocenters. The summed E-state index contributed by atoms with van der Waals surface area (Å²) in [6.07, 6.45) is 32.2. The van der Waals surface area contributed by atoms with Crippen LogP contribution in [0.15, 0.2) is 48.6 Å². The van der Waals surface area contributed by atoms with Gasteiger partial charge in [-0.25, -0.2) is 4.57 Å². The number of phosphoric acid groups is 1. The number of nitrogens with two attached hydrogens (primary N) is 1. The van der Waals surface area contributed by atoms with E-state index in [2.05, 4.69) is 54.8 Å². The summed E-state index contributed by atoms with van der Waals surface area (Å²) < 4.78 is 32.7. The number of hydrogen-bond acceptors (Lipinski definition) is 12. The standard InChI is InChI=1S/C46H78NO13P/c1-3-5-7-8-9-10-11-12-13-14-15-16-17-18-19-20-26-30-45(52)60-38(35-58-61(55,56)59-36-41(47)46(53)54)34-57-44(51)29-25-22-21-24-28-39-40(43(50)33-42(39)49)32-31-37(48)27-23-6-4-2/h9-10,12-13,15-16,31-32,37-42,48-49H,3-8,11,14,17-30,33-36,47H2,1-2H3,(H,53,54)(H,55,56)/b10-9-,13-12-,16-15-,32-31+/t37-,38+,39+,40+,41-,42-/m0/s1. The first kappa shape index (κ1) is 56.0. The first-order valence-corrected chi connectivity index (χ1v) is 24.3. The molecule has 14 nitrogen and oxygen atoms in total. The van der Waals surface area contributed by atoms with Crippen molar-refractivity contribution < 1.29 is 62.5 Å². The number of phosphoric ester groups is 1. The van der Waals surface area contributed by atoms with Crippen LogP contribution in [0.4, 0.5) is 0 Å². The lowest BCUT2D eigenvalue weighted by atomic mass is 9.88. The molecule has 0 spiro atoms. The number of allylic oxidation sites excluding steroid dienone is 7. The molecular weight excluding hydrogens is 805 g/mol. The van der Waals surface area contributed by atoms with Crippen molar-refractivity contribution in [1.82, 2.24) is 0 Å². The maximum absolute atomic E-state index is 12.7. The molecule has 15 heteroatoms. The second kappa shape index (κ2) is 35.5. The molecule has 0 heterocycles. The van der Waals surface area contributed by atoms with Crippen LogP contribution in [0, 0.1) is 11.8 Å². The summed E-state index contributed by atoms with van der Waals surface area (Å²) in [5.74, 6) is -3.25. The van der Waals surface area contributed by atoms with Crippen LogP contribution in [-0.4, -0.2) is 88.1 Å². The summed E-state index contributed by atoms with van der Waals surface area (Å²) in [6.45, 7) is 2.41. The Bertz CT molecular complexity index is 1380. The second-order valence-electron chi connectivity index (χ2n) is 16.0. The van der Waals surface area contributed by atoms with Crippen LogP contribution in [0.25, 0.3) is 0 Å². The Morgan fingerprint density at radius 3 is 1.97 bits per heavy atom. The highest BCUT2D eigenvalue weighted by atomic mass is 31.2. The fourth-order valence-corrected chi connectivity index (χ4v) is 7.58. The van der Waals surface area contributed by atoms with E-state index in [1.165, 1.54) is 19.3 Å². The van der Waals surface area contributed by atoms with Gasteiger partial charge in [-0.15, -0.1) is 0 Å². The van der Waals surface area contributed by atoms with E-state index in [0.717, 1.165) is 77.0 Å². The van der Waals surface area contributed by atoms with E-state index in [-0.39, 0.29) is 31.0 Å². The number of ketones is 1. The van der Waals surface area contributed by atoms with E-state index in [9.17, 15) is 38.8 Å². The number of aliphatic hydroxyl groups is 2. The van der Waals surface area contributed by atoms with E-state index in [1.807, 2.05) is 0 Å². The van der Waals surface area contributed by atoms with E-state index in [4.69, 9.17) is 24.8 Å². The largest absolute Gasteiger partial charge is 0.480 e. The number of aliphatic hydroxyl groups excluding tert-OH is 2. The average Bonchev–Trinajstić information content (AvgIpc) is 3.49. The fourth-order valence-electron chi connectivity index (χ4n) is 6.80. The van der Waals surface area contributed by atoms with Crippen molar-refractivity contribution in [3.8, 4) is 0 Å². The van der Waals surface area contributed by atoms with Crippen LogP contribution in [0.5, 0.6) is 0 Å². The van der Waals surface area contributed by atoms with Crippen molar-refractivity contribution in [1.29, 1.82) is 0 Å². The normalized spacial score (nSPS) is 19.6. The van der Waals surface area contributed by atoms with Gasteiger partial charge in [-0.3, -0.25) is 28.2 Å². The summed E-state index contributed by atoms with van der Waals surface area (Å²) in [6, 6.07) is -1.56. The minimum Gasteiger partial charge on any atom is -0.480 e. The molecule has 0 amide bonds. The number of carbonyl (C=O) groups excluding carboxylic acids is 3. The topological polar surface area (TPSA) is 229 Å². The van der Waals surface area contributed by atoms with Gasteiger partial charge in [-0.2, -0.15) is 0 Å². The van der Waals surface area contributed by atoms with Gasteiger partial charge in [-0.1, -0.05) is 127 Å². The molecule has 0 aliphatic heterocycles. The Balaban J connectivity index is 2.47. The maximum atomic E-state index is 12.7. The van der Waals surface area contributed by atoms with E-state index < -0.39 is 75.8 Å². The third kappa shape index (κ3) is 29.9. The zero-order valence-corrected chi connectivity index (χ0v) is 37.8. The lowest BCUT2D eigenvalue weighted by Gasteiger charge is -2.20. The van der Waals surface area contributed by atoms with Crippen LogP contribution in [-0.2, 0) is 42.3 Å². The van der Waals surface area contributed by atoms with Crippen LogP contribution in [0.2, 0.25) is 0 Å². The number of ether oxygens (including phenoxy) is 2. The molecule has 1 fully saturated rings. The number of unbranched alkanes of at least 4 members (excludes halogenated alkanes) is 12. The van der Waals surface area contributed by atoms with Crippen molar-refractivity contribution >= 4 is 31.5 Å². The summed E-state index contributed by atoms with van der Waals surface area (Å²) in [5.41, 5.74) is 5.33. The molecule has 1 rings (SSSR count). The lowest BCUT2D eigenvalue weighted by Crippen LogP contribution is -2.34. The van der Waals surface area contributed by atoms with Gasteiger partial charge in [0.15, 0.2) is 6.10 Å². The summed E-state index contributed by atoms with van der Waals surface area (Å²) in [4.78, 5) is 58.8. The molecule has 1 aliphatic carbocycles. The minimum absolute atomic E-state index is 0.0198. The number of carboxylic acids is 1. The molecule has 0 aromatic heterocycles. The Morgan fingerprint density at radius 2 is 1.33 bits per heavy atom. The van der Waals surface area contributed by atoms with Gasteiger partial charge in [0.1, 0.15) is 18.4 Å². The number of rotatable bonds is 38. The molecule has 0 aromatic carbocycles. The van der Waals surface area contributed by atoms with Gasteiger partial charge < -0.3 is 35.4 Å². The number of carboxylic acid groups (broad SMARTS) is 1. The van der Waals surface area contributed by atoms with E-state index in [1.54, 1.807) is 12.2 Å². The zero-order valence-electron chi connectivity index (χ0n) is 37.0. The summed E-state index contributed by atoms with van der Waals surface area (Å²) in [7, 11) is -4.78. The molecule has 350 valence electrons. The molecule has 1 aliphatic rings. The van der Waals surface area contributed by atoms with Gasteiger partial charge >= 0.3 is 25.7 Å². The second-order valence-corrected chi connectivity index (χ2v) is 17.4. The number of aliphatic carboxylic acids is 1. The predicted molar refractivity (Wildman–Crippen MR) is 236 cm³/mol. The number of carbonyl (C=O) groups is 4. The SMILES string of the molecule is CCCCC/C=C\C/C=C\C/C=C\CCCCCCC(=O)O[C@H](COC(=O)CCCCCC[C@H]1[C@@H](O)CC(=O)[C@@H]1/C=C/[C@@H](O)CCCCC)COP(=O)(O)OC[C@H](N)C(=O)O. The molecule has 6 N–H and O–H groups in total. The van der Waals surface area contributed by atoms with Crippen LogP contribution < -0.4 is 5.73 Å². The third-order valence-corrected chi connectivity index (χ3v) is 11.4. The summed E-state index contributed by atoms with van der Waals surface area (Å²) in [5, 5.41) is 29.7. The summed E-state index contributed by atoms with van der Waals surface area (Å²) >= 11 is 0. The highest BCUT2D eigenvalue weighted by Crippen LogP contribution is 2.43. The number of esters is 2. The quantitative estimate of drug-likeness (QED) is 0.0169. The Hall–Kier alpha value is -2.97. The molecule has 7 atom stereocenters. The molecule has 0 radical (unpaired) electrons. The van der Waals surface area contributed by atoms with Gasteiger partial charge in [0, 0.05) is 25.2 Å². The number of hydrogen-bond donors (Lipinski definition) is 5. The first-order chi connectivity index (χ1) is 29.3. The average molecular weight is 884 g/mol. The molecular formula is C46H78NO13P. The van der Waals surface area contributed by atoms with Crippen molar-refractivity contribution in [2.45, 2.75) is 186 Å². The van der Waals surface area contributed by atoms with Crippen molar-refractivity contribution in [2.75, 3.05) is 19.8 Å². The van der Waals surface area contributed by atoms with Gasteiger partial charge in [0.05, 0.1) is 25.4 Å². The highest BCUT2D eigenvalue weighted by molar-refractivity contribution is 7.47. The highest BCUT2D eigenvalue weighted by Gasteiger charge is 2.39.